The summed E-state index contributed by atoms with van der Waals surface area (Å²) in [4.78, 5) is 17.3. The Hall–Kier alpha value is -2.59. The molecule has 0 aliphatic heterocycles. The quantitative estimate of drug-likeness (QED) is 0.591. The lowest BCUT2D eigenvalue weighted by Crippen LogP contribution is -2.27. The number of aromatic nitrogens is 1. The molecule has 2 aromatic carbocycles. The first-order valence-electron chi connectivity index (χ1n) is 9.17. The Morgan fingerprint density at radius 2 is 1.93 bits per heavy atom. The molecule has 1 N–H and O–H groups in total. The standard InChI is InChI=1S/C23H22N2OS/c1-17-6-4-8-19(14-17)23(11-12-23)22(26)25-20-9-5-7-18(15-20)16-27-21-10-2-3-13-24-21/h2-10,13-15H,11-12,16H2,1H3,(H,25,26). The summed E-state index contributed by atoms with van der Waals surface area (Å²) >= 11 is 1.69. The van der Waals surface area contributed by atoms with Crippen molar-refractivity contribution in [2.24, 2.45) is 0 Å². The third kappa shape index (κ3) is 4.06. The van der Waals surface area contributed by atoms with Crippen LogP contribution in [0.5, 0.6) is 0 Å². The third-order valence-electron chi connectivity index (χ3n) is 4.96. The highest BCUT2D eigenvalue weighted by Gasteiger charge is 2.51. The van der Waals surface area contributed by atoms with Crippen molar-refractivity contribution in [3.63, 3.8) is 0 Å². The van der Waals surface area contributed by atoms with Gasteiger partial charge in [-0.25, -0.2) is 4.98 Å². The number of thioether (sulfide) groups is 1. The molecule has 4 rings (SSSR count). The van der Waals surface area contributed by atoms with Crippen LogP contribution in [0.15, 0.2) is 78.0 Å². The molecule has 1 aliphatic rings. The molecule has 1 fully saturated rings. The molecule has 0 bridgehead atoms. The number of aryl methyl sites for hydroxylation is 1. The van der Waals surface area contributed by atoms with Crippen LogP contribution in [0.25, 0.3) is 0 Å². The van der Waals surface area contributed by atoms with Gasteiger partial charge in [-0.05, 0) is 55.2 Å². The smallest absolute Gasteiger partial charge is 0.235 e. The van der Waals surface area contributed by atoms with E-state index in [1.165, 1.54) is 11.1 Å². The van der Waals surface area contributed by atoms with E-state index in [0.29, 0.717) is 0 Å². The Morgan fingerprint density at radius 1 is 1.07 bits per heavy atom. The molecule has 0 atom stereocenters. The zero-order valence-corrected chi connectivity index (χ0v) is 16.1. The molecule has 1 heterocycles. The van der Waals surface area contributed by atoms with Crippen LogP contribution in [0.4, 0.5) is 5.69 Å². The second-order valence-corrected chi connectivity index (χ2v) is 8.06. The molecule has 27 heavy (non-hydrogen) atoms. The van der Waals surface area contributed by atoms with E-state index in [1.807, 2.05) is 36.4 Å². The van der Waals surface area contributed by atoms with E-state index in [4.69, 9.17) is 0 Å². The fourth-order valence-electron chi connectivity index (χ4n) is 3.29. The number of rotatable bonds is 6. The van der Waals surface area contributed by atoms with Crippen molar-refractivity contribution in [2.45, 2.75) is 36.0 Å². The topological polar surface area (TPSA) is 42.0 Å². The lowest BCUT2D eigenvalue weighted by atomic mass is 9.93. The highest BCUT2D eigenvalue weighted by atomic mass is 32.2. The number of pyridine rings is 1. The van der Waals surface area contributed by atoms with E-state index >= 15 is 0 Å². The van der Waals surface area contributed by atoms with Gasteiger partial charge < -0.3 is 5.32 Å². The van der Waals surface area contributed by atoms with E-state index in [-0.39, 0.29) is 11.3 Å². The zero-order valence-electron chi connectivity index (χ0n) is 15.3. The molecule has 1 amide bonds. The highest BCUT2D eigenvalue weighted by Crippen LogP contribution is 2.49. The summed E-state index contributed by atoms with van der Waals surface area (Å²) in [7, 11) is 0. The fraction of sp³-hybridized carbons (Fsp3) is 0.217. The van der Waals surface area contributed by atoms with Gasteiger partial charge in [-0.1, -0.05) is 48.0 Å². The molecule has 4 heteroatoms. The van der Waals surface area contributed by atoms with Gasteiger partial charge in [0.2, 0.25) is 5.91 Å². The number of anilines is 1. The fourth-order valence-corrected chi connectivity index (χ4v) is 4.10. The maximum Gasteiger partial charge on any atom is 0.235 e. The van der Waals surface area contributed by atoms with Gasteiger partial charge in [0.05, 0.1) is 10.4 Å². The second-order valence-electron chi connectivity index (χ2n) is 7.06. The molecule has 0 spiro atoms. The molecule has 0 radical (unpaired) electrons. The number of nitrogens with zero attached hydrogens (tertiary/aromatic N) is 1. The monoisotopic (exact) mass is 374 g/mol. The first kappa shape index (κ1) is 17.8. The van der Waals surface area contributed by atoms with Crippen molar-refractivity contribution >= 4 is 23.4 Å². The number of hydrogen-bond donors (Lipinski definition) is 1. The van der Waals surface area contributed by atoms with E-state index in [2.05, 4.69) is 47.6 Å². The molecule has 1 saturated carbocycles. The SMILES string of the molecule is Cc1cccc(C2(C(=O)Nc3cccc(CSc4ccccn4)c3)CC2)c1. The van der Waals surface area contributed by atoms with Gasteiger partial charge >= 0.3 is 0 Å². The predicted molar refractivity (Wildman–Crippen MR) is 111 cm³/mol. The summed E-state index contributed by atoms with van der Waals surface area (Å²) in [5.41, 5.74) is 3.99. The Morgan fingerprint density at radius 3 is 2.67 bits per heavy atom. The van der Waals surface area contributed by atoms with Crippen LogP contribution in [0.2, 0.25) is 0 Å². The summed E-state index contributed by atoms with van der Waals surface area (Å²) in [5.74, 6) is 0.923. The molecule has 136 valence electrons. The Bertz CT molecular complexity index is 951. The van der Waals surface area contributed by atoms with E-state index in [1.54, 1.807) is 18.0 Å². The first-order chi connectivity index (χ1) is 13.2. The van der Waals surface area contributed by atoms with Crippen LogP contribution in [-0.2, 0) is 16.0 Å². The van der Waals surface area contributed by atoms with Gasteiger partial charge in [-0.2, -0.15) is 0 Å². The Balaban J connectivity index is 1.44. The normalized spacial score (nSPS) is 14.6. The van der Waals surface area contributed by atoms with Gasteiger partial charge in [-0.15, -0.1) is 11.8 Å². The molecular weight excluding hydrogens is 352 g/mol. The summed E-state index contributed by atoms with van der Waals surface area (Å²) in [6.45, 7) is 2.07. The molecule has 3 aromatic rings. The predicted octanol–water partition coefficient (Wildman–Crippen LogP) is 5.35. The number of nitrogens with one attached hydrogen (secondary N) is 1. The minimum absolute atomic E-state index is 0.0997. The van der Waals surface area contributed by atoms with Crippen molar-refractivity contribution in [1.29, 1.82) is 0 Å². The van der Waals surface area contributed by atoms with Crippen molar-refractivity contribution < 1.29 is 4.79 Å². The number of carbonyl (C=O) groups excluding carboxylic acids is 1. The van der Waals surface area contributed by atoms with Crippen LogP contribution in [0.3, 0.4) is 0 Å². The number of amides is 1. The largest absolute Gasteiger partial charge is 0.325 e. The summed E-state index contributed by atoms with van der Waals surface area (Å²) < 4.78 is 0. The summed E-state index contributed by atoms with van der Waals surface area (Å²) in [6.07, 6.45) is 3.63. The lowest BCUT2D eigenvalue weighted by molar-refractivity contribution is -0.118. The van der Waals surface area contributed by atoms with Crippen LogP contribution in [0, 0.1) is 6.92 Å². The van der Waals surface area contributed by atoms with Crippen LogP contribution >= 0.6 is 11.8 Å². The van der Waals surface area contributed by atoms with E-state index < -0.39 is 0 Å². The minimum Gasteiger partial charge on any atom is -0.325 e. The molecule has 1 aliphatic carbocycles. The first-order valence-corrected chi connectivity index (χ1v) is 10.2. The van der Waals surface area contributed by atoms with Gasteiger partial charge in [0.15, 0.2) is 0 Å². The Kier molecular flexibility index (Phi) is 4.99. The lowest BCUT2D eigenvalue weighted by Gasteiger charge is -2.17. The van der Waals surface area contributed by atoms with Gasteiger partial charge in [-0.3, -0.25) is 4.79 Å². The summed E-state index contributed by atoms with van der Waals surface area (Å²) in [6, 6.07) is 22.3. The summed E-state index contributed by atoms with van der Waals surface area (Å²) in [5, 5.41) is 4.14. The van der Waals surface area contributed by atoms with Gasteiger partial charge in [0, 0.05) is 17.6 Å². The zero-order chi connectivity index (χ0) is 18.7. The van der Waals surface area contributed by atoms with Crippen LogP contribution in [-0.4, -0.2) is 10.9 Å². The second kappa shape index (κ2) is 7.57. The minimum atomic E-state index is -0.356. The van der Waals surface area contributed by atoms with Crippen LogP contribution in [0.1, 0.15) is 29.5 Å². The van der Waals surface area contributed by atoms with Crippen molar-refractivity contribution in [2.75, 3.05) is 5.32 Å². The molecule has 3 nitrogen and oxygen atoms in total. The van der Waals surface area contributed by atoms with Gasteiger partial charge in [0.1, 0.15) is 0 Å². The third-order valence-corrected chi connectivity index (χ3v) is 5.98. The van der Waals surface area contributed by atoms with E-state index in [0.717, 1.165) is 34.9 Å². The molecule has 0 saturated heterocycles. The number of benzene rings is 2. The molecule has 0 unspecified atom stereocenters. The Labute approximate surface area is 164 Å². The van der Waals surface area contributed by atoms with Crippen molar-refractivity contribution in [1.82, 2.24) is 4.98 Å². The van der Waals surface area contributed by atoms with E-state index in [9.17, 15) is 4.79 Å². The number of carbonyl (C=O) groups is 1. The van der Waals surface area contributed by atoms with Gasteiger partial charge in [0.25, 0.3) is 0 Å². The highest BCUT2D eigenvalue weighted by molar-refractivity contribution is 7.98. The average molecular weight is 375 g/mol. The molecular formula is C23H22N2OS. The van der Waals surface area contributed by atoms with Crippen molar-refractivity contribution in [3.05, 3.63) is 89.6 Å². The van der Waals surface area contributed by atoms with Crippen molar-refractivity contribution in [3.8, 4) is 0 Å². The maximum atomic E-state index is 13.0. The average Bonchev–Trinajstić information content (AvgIpc) is 3.50. The molecule has 1 aromatic heterocycles. The number of hydrogen-bond acceptors (Lipinski definition) is 3. The van der Waals surface area contributed by atoms with Crippen LogP contribution < -0.4 is 5.32 Å². The maximum absolute atomic E-state index is 13.0.